The lowest BCUT2D eigenvalue weighted by Crippen LogP contribution is -2.09. The number of nitro groups is 2. The van der Waals surface area contributed by atoms with E-state index in [2.05, 4.69) is 0 Å². The van der Waals surface area contributed by atoms with Gasteiger partial charge in [-0.15, -0.1) is 0 Å². The summed E-state index contributed by atoms with van der Waals surface area (Å²) in [6.45, 7) is 2.18. The zero-order valence-electron chi connectivity index (χ0n) is 17.7. The standard InChI is InChI=1S/C23H16N2O6S3/c1-2-3-6-31-22(26)17-9-13(25(29)30)8-16-20(17)14-5-4-12(24(27)28)7-15(14)21(16)23-33-18-10-32-11-19(18)34-23/h4-5,7-11H,2-3,6H2,1H3. The van der Waals surface area contributed by atoms with Crippen molar-refractivity contribution in [1.82, 2.24) is 0 Å². The molecule has 1 aliphatic carbocycles. The van der Waals surface area contributed by atoms with Gasteiger partial charge < -0.3 is 4.74 Å². The second-order valence-corrected chi connectivity index (χ2v) is 10.7. The first-order valence-electron chi connectivity index (χ1n) is 10.3. The van der Waals surface area contributed by atoms with Gasteiger partial charge in [0.05, 0.1) is 26.3 Å². The number of carbonyl (C=O) groups excluding carboxylic acids is 1. The predicted molar refractivity (Wildman–Crippen MR) is 132 cm³/mol. The molecule has 0 saturated heterocycles. The number of ether oxygens (including phenoxy) is 1. The maximum absolute atomic E-state index is 13.0. The smallest absolute Gasteiger partial charge is 0.339 e. The number of fused-ring (bicyclic) bond motifs is 4. The molecule has 3 aromatic rings. The van der Waals surface area contributed by atoms with Crippen LogP contribution in [0.3, 0.4) is 0 Å². The molecule has 2 aliphatic rings. The third kappa shape index (κ3) is 3.79. The van der Waals surface area contributed by atoms with Crippen molar-refractivity contribution < 1.29 is 19.4 Å². The second kappa shape index (κ2) is 8.90. The Labute approximate surface area is 206 Å². The van der Waals surface area contributed by atoms with Crippen molar-refractivity contribution in [2.45, 2.75) is 29.6 Å². The van der Waals surface area contributed by atoms with Crippen LogP contribution in [0.15, 0.2) is 55.1 Å². The molecule has 0 amide bonds. The van der Waals surface area contributed by atoms with Crippen LogP contribution in [0.1, 0.15) is 41.3 Å². The number of hydrogen-bond acceptors (Lipinski definition) is 9. The van der Waals surface area contributed by atoms with E-state index in [0.717, 1.165) is 20.4 Å². The van der Waals surface area contributed by atoms with Gasteiger partial charge in [-0.2, -0.15) is 11.3 Å². The lowest BCUT2D eigenvalue weighted by atomic mass is 9.98. The summed E-state index contributed by atoms with van der Waals surface area (Å²) in [6.07, 6.45) is 1.51. The molecule has 0 spiro atoms. The van der Waals surface area contributed by atoms with Crippen LogP contribution in [-0.4, -0.2) is 22.4 Å². The number of nitro benzene ring substituents is 2. The van der Waals surface area contributed by atoms with Gasteiger partial charge in [0, 0.05) is 56.0 Å². The average Bonchev–Trinajstić information content (AvgIpc) is 3.49. The largest absolute Gasteiger partial charge is 0.462 e. The van der Waals surface area contributed by atoms with E-state index in [1.807, 2.05) is 17.7 Å². The first-order valence-corrected chi connectivity index (χ1v) is 12.9. The molecule has 34 heavy (non-hydrogen) atoms. The highest BCUT2D eigenvalue weighted by Crippen LogP contribution is 2.60. The molecule has 0 radical (unpaired) electrons. The molecule has 5 rings (SSSR count). The van der Waals surface area contributed by atoms with Crippen LogP contribution < -0.4 is 0 Å². The summed E-state index contributed by atoms with van der Waals surface area (Å²) in [5, 5.41) is 27.3. The molecular formula is C23H16N2O6S3. The van der Waals surface area contributed by atoms with E-state index in [9.17, 15) is 25.0 Å². The fourth-order valence-electron chi connectivity index (χ4n) is 3.95. The summed E-state index contributed by atoms with van der Waals surface area (Å²) < 4.78 is 6.27. The summed E-state index contributed by atoms with van der Waals surface area (Å²) in [5.74, 6) is -0.644. The Kier molecular flexibility index (Phi) is 5.92. The minimum Gasteiger partial charge on any atom is -0.462 e. The van der Waals surface area contributed by atoms with Crippen LogP contribution in [0.2, 0.25) is 0 Å². The first-order chi connectivity index (χ1) is 16.4. The van der Waals surface area contributed by atoms with Crippen molar-refractivity contribution in [3.63, 3.8) is 0 Å². The van der Waals surface area contributed by atoms with E-state index in [-0.39, 0.29) is 23.5 Å². The Bertz CT molecular complexity index is 1390. The average molecular weight is 513 g/mol. The maximum atomic E-state index is 13.0. The zero-order valence-corrected chi connectivity index (χ0v) is 20.2. The molecule has 1 aromatic heterocycles. The number of unbranched alkanes of at least 4 members (excludes halogenated alkanes) is 1. The Morgan fingerprint density at radius 2 is 1.62 bits per heavy atom. The highest BCUT2D eigenvalue weighted by atomic mass is 32.2. The van der Waals surface area contributed by atoms with Crippen LogP contribution >= 0.6 is 34.9 Å². The molecule has 2 heterocycles. The number of nitrogens with zero attached hydrogens (tertiary/aromatic N) is 2. The summed E-state index contributed by atoms with van der Waals surface area (Å²) in [4.78, 5) is 37.4. The van der Waals surface area contributed by atoms with Gasteiger partial charge >= 0.3 is 5.97 Å². The molecule has 0 saturated carbocycles. The second-order valence-electron chi connectivity index (χ2n) is 7.62. The summed E-state index contributed by atoms with van der Waals surface area (Å²) in [7, 11) is 0. The van der Waals surface area contributed by atoms with Gasteiger partial charge in [-0.05, 0) is 29.2 Å². The molecule has 0 N–H and O–H groups in total. The summed E-state index contributed by atoms with van der Waals surface area (Å²) in [6, 6.07) is 7.14. The lowest BCUT2D eigenvalue weighted by Gasteiger charge is -2.10. The number of hydrogen-bond donors (Lipinski definition) is 0. The van der Waals surface area contributed by atoms with Crippen molar-refractivity contribution in [3.8, 4) is 11.1 Å². The van der Waals surface area contributed by atoms with Crippen molar-refractivity contribution in [2.24, 2.45) is 0 Å². The van der Waals surface area contributed by atoms with Gasteiger partial charge in [0.2, 0.25) is 0 Å². The Morgan fingerprint density at radius 3 is 2.26 bits per heavy atom. The van der Waals surface area contributed by atoms with Gasteiger partial charge in [0.1, 0.15) is 0 Å². The zero-order chi connectivity index (χ0) is 24.0. The summed E-state index contributed by atoms with van der Waals surface area (Å²) in [5.41, 5.74) is 2.65. The van der Waals surface area contributed by atoms with Crippen molar-refractivity contribution in [3.05, 3.63) is 82.2 Å². The SMILES string of the molecule is CCCCOC(=O)c1cc([N+](=O)[O-])cc2c1-c1ccc([N+](=O)[O-])cc1C2=C1Sc2cscc2S1. The molecule has 8 nitrogen and oxygen atoms in total. The van der Waals surface area contributed by atoms with E-state index in [1.54, 1.807) is 17.4 Å². The molecule has 0 fully saturated rings. The quantitative estimate of drug-likeness (QED) is 0.116. The van der Waals surface area contributed by atoms with E-state index in [4.69, 9.17) is 4.74 Å². The monoisotopic (exact) mass is 512 g/mol. The van der Waals surface area contributed by atoms with Gasteiger partial charge in [-0.3, -0.25) is 20.2 Å². The third-order valence-corrected chi connectivity index (χ3v) is 9.07. The molecule has 11 heteroatoms. The number of thiophene rings is 1. The number of carbonyl (C=O) groups is 1. The van der Waals surface area contributed by atoms with Crippen molar-refractivity contribution in [1.29, 1.82) is 0 Å². The molecule has 172 valence electrons. The molecule has 2 aromatic carbocycles. The minimum atomic E-state index is -0.644. The van der Waals surface area contributed by atoms with Crippen molar-refractivity contribution in [2.75, 3.05) is 6.61 Å². The lowest BCUT2D eigenvalue weighted by molar-refractivity contribution is -0.385. The molecule has 0 unspecified atom stereocenters. The van der Waals surface area contributed by atoms with Crippen LogP contribution in [0.4, 0.5) is 11.4 Å². The Hall–Kier alpha value is -3.15. The van der Waals surface area contributed by atoms with Gasteiger partial charge in [0.15, 0.2) is 0 Å². The van der Waals surface area contributed by atoms with Crippen LogP contribution in [-0.2, 0) is 4.74 Å². The van der Waals surface area contributed by atoms with E-state index in [1.165, 1.54) is 47.8 Å². The highest BCUT2D eigenvalue weighted by Gasteiger charge is 2.36. The Balaban J connectivity index is 1.76. The first kappa shape index (κ1) is 22.6. The predicted octanol–water partition coefficient (Wildman–Crippen LogP) is 7.12. The number of thioether (sulfide) groups is 2. The number of esters is 1. The Morgan fingerprint density at radius 1 is 0.941 bits per heavy atom. The number of non-ortho nitro benzene ring substituents is 2. The van der Waals surface area contributed by atoms with Gasteiger partial charge in [-0.1, -0.05) is 36.9 Å². The fraction of sp³-hybridized carbons (Fsp3) is 0.174. The van der Waals surface area contributed by atoms with Crippen LogP contribution in [0, 0.1) is 20.2 Å². The van der Waals surface area contributed by atoms with E-state index >= 15 is 0 Å². The van der Waals surface area contributed by atoms with Crippen molar-refractivity contribution >= 4 is 57.8 Å². The number of benzene rings is 2. The fourth-order valence-corrected chi connectivity index (χ4v) is 7.70. The van der Waals surface area contributed by atoms with Crippen LogP contribution in [0.25, 0.3) is 16.7 Å². The topological polar surface area (TPSA) is 113 Å². The third-order valence-electron chi connectivity index (χ3n) is 5.51. The molecule has 0 atom stereocenters. The molecular weight excluding hydrogens is 496 g/mol. The van der Waals surface area contributed by atoms with E-state index < -0.39 is 15.8 Å². The van der Waals surface area contributed by atoms with E-state index in [0.29, 0.717) is 34.2 Å². The summed E-state index contributed by atoms with van der Waals surface area (Å²) >= 11 is 4.63. The van der Waals surface area contributed by atoms with Gasteiger partial charge in [-0.25, -0.2) is 4.79 Å². The maximum Gasteiger partial charge on any atom is 0.339 e. The minimum absolute atomic E-state index is 0.0894. The molecule has 0 bridgehead atoms. The molecule has 1 aliphatic heterocycles. The normalized spacial score (nSPS) is 13.4. The number of rotatable bonds is 6. The van der Waals surface area contributed by atoms with Crippen LogP contribution in [0.5, 0.6) is 0 Å². The van der Waals surface area contributed by atoms with Gasteiger partial charge in [0.25, 0.3) is 11.4 Å². The highest BCUT2D eigenvalue weighted by molar-refractivity contribution is 8.25.